The molecule has 19 N–H and O–H groups in total. The molecule has 0 aromatic heterocycles. The van der Waals surface area contributed by atoms with Gasteiger partial charge in [0.15, 0.2) is 55.9 Å². The van der Waals surface area contributed by atoms with Gasteiger partial charge in [-0.05, 0) is 13.8 Å². The standard InChI is InChI=1S/C36H56O33/c1-4(38)7(39)9(41)6(3-37)61-34-19(51)21(63-33-16(48)11(43)14(46)23(65-33)29(54)55)26(27(69-34)31(58)59)68-36-25(12(44)8(40)5(2)60-36)67-35-18(50)20(17(49)24(66-35)30(56)57)62-32-15(47)10(42)13(45)22(64-32)28(52)53/h4-27,32-51H,3H2,1-2H3,(H,52,53)(H,54,55)(H,56,57)(H,58,59)/t4-,5-,6-,7-,8-,9-,10-,11-,12+,13-,14-,15+,16+,17+,18+,19+,20-,21+,22-,23-,24-,25+,26+,27-,32+,33+,34-,35+,36-/m0/s1. The van der Waals surface area contributed by atoms with Crippen LogP contribution in [0.2, 0.25) is 0 Å². The Morgan fingerprint density at radius 3 is 1.26 bits per heavy atom. The quantitative estimate of drug-likeness (QED) is 0.0606. The van der Waals surface area contributed by atoms with Crippen molar-refractivity contribution in [2.45, 2.75) is 192 Å². The summed E-state index contributed by atoms with van der Waals surface area (Å²) in [6.45, 7) is 0.887. The average molecular weight is 1020 g/mol. The lowest BCUT2D eigenvalue weighted by molar-refractivity contribution is -0.401. The van der Waals surface area contributed by atoms with Crippen LogP contribution in [0.5, 0.6) is 0 Å². The van der Waals surface area contributed by atoms with Crippen LogP contribution < -0.4 is 0 Å². The Hall–Kier alpha value is -3.12. The summed E-state index contributed by atoms with van der Waals surface area (Å²) in [6.07, 6.45) is -67.1. The second kappa shape index (κ2) is 23.2. The fraction of sp³-hybridized carbons (Fsp3) is 0.889. The van der Waals surface area contributed by atoms with E-state index in [4.69, 9.17) is 47.4 Å². The van der Waals surface area contributed by atoms with Gasteiger partial charge in [-0.2, -0.15) is 0 Å². The van der Waals surface area contributed by atoms with E-state index in [1.807, 2.05) is 0 Å². The molecule has 0 spiro atoms. The van der Waals surface area contributed by atoms with Gasteiger partial charge in [0, 0.05) is 0 Å². The van der Waals surface area contributed by atoms with Crippen LogP contribution in [0.15, 0.2) is 0 Å². The van der Waals surface area contributed by atoms with Crippen molar-refractivity contribution in [3.05, 3.63) is 0 Å². The van der Waals surface area contributed by atoms with Crippen LogP contribution in [-0.2, 0) is 66.5 Å². The largest absolute Gasteiger partial charge is 0.479 e. The zero-order valence-electron chi connectivity index (χ0n) is 35.7. The zero-order valence-corrected chi connectivity index (χ0v) is 35.7. The second-order valence-corrected chi connectivity index (χ2v) is 16.6. The van der Waals surface area contributed by atoms with Gasteiger partial charge in [0.1, 0.15) is 110 Å². The summed E-state index contributed by atoms with van der Waals surface area (Å²) in [5, 5.41) is 199. The molecule has 29 atom stereocenters. The number of carboxylic acids is 4. The Labute approximate surface area is 385 Å². The number of carbonyl (C=O) groups is 4. The van der Waals surface area contributed by atoms with Crippen LogP contribution >= 0.6 is 0 Å². The first kappa shape index (κ1) is 56.8. The first-order valence-electron chi connectivity index (χ1n) is 20.7. The van der Waals surface area contributed by atoms with Gasteiger partial charge < -0.3 is 144 Å². The maximum atomic E-state index is 13.0. The van der Waals surface area contributed by atoms with Crippen molar-refractivity contribution in [2.24, 2.45) is 0 Å². The minimum atomic E-state index is -2.59. The fourth-order valence-electron chi connectivity index (χ4n) is 7.87. The Bertz CT molecular complexity index is 1740. The summed E-state index contributed by atoms with van der Waals surface area (Å²) in [5.41, 5.74) is 0. The number of carboxylic acid groups (broad SMARTS) is 4. The molecule has 0 unspecified atom stereocenters. The van der Waals surface area contributed by atoms with Gasteiger partial charge in [0.2, 0.25) is 0 Å². The van der Waals surface area contributed by atoms with E-state index < -0.39 is 208 Å². The normalized spacial score (nSPS) is 47.1. The number of ether oxygens (including phenoxy) is 10. The molecule has 5 heterocycles. The minimum Gasteiger partial charge on any atom is -0.479 e. The summed E-state index contributed by atoms with van der Waals surface area (Å²) < 4.78 is 54.4. The van der Waals surface area contributed by atoms with Gasteiger partial charge >= 0.3 is 23.9 Å². The van der Waals surface area contributed by atoms with E-state index >= 15 is 0 Å². The SMILES string of the molecule is C[C@H](O)[C@H](O)[C@@H](O)[C@H](CO)O[C@H]1O[C@H](C(=O)O)[C@H](O[C@@H]2O[C@@H](C)[C@H](O)[C@@H](O)[C@H]2O[C@H]2O[C@H](C(=O)O)[C@H](O)[C@H](O[C@@H]3O[C@H](C(=O)O)[C@@H](O)[C@H](O)[C@H]3O)[C@H]2O)[C@H](O[C@@H]2O[C@H](C(=O)O)[C@@H](O)[C@H](O)[C@H]2O)[C@H]1O. The molecule has 0 aliphatic carbocycles. The van der Waals surface area contributed by atoms with Gasteiger partial charge in [-0.3, -0.25) is 0 Å². The molecular weight excluding hydrogens is 960 g/mol. The van der Waals surface area contributed by atoms with Crippen molar-refractivity contribution in [1.82, 2.24) is 0 Å². The van der Waals surface area contributed by atoms with Gasteiger partial charge in [-0.15, -0.1) is 0 Å². The Morgan fingerprint density at radius 2 is 0.812 bits per heavy atom. The lowest BCUT2D eigenvalue weighted by atomic mass is 9.95. The summed E-state index contributed by atoms with van der Waals surface area (Å²) in [5.74, 6) is -7.92. The van der Waals surface area contributed by atoms with Crippen molar-refractivity contribution in [2.75, 3.05) is 6.61 Å². The highest BCUT2D eigenvalue weighted by molar-refractivity contribution is 5.74. The smallest absolute Gasteiger partial charge is 0.335 e. The highest BCUT2D eigenvalue weighted by atomic mass is 16.8. The van der Waals surface area contributed by atoms with Crippen LogP contribution in [0.4, 0.5) is 0 Å². The third-order valence-corrected chi connectivity index (χ3v) is 11.8. The van der Waals surface area contributed by atoms with E-state index in [9.17, 15) is 116 Å². The van der Waals surface area contributed by atoms with Gasteiger partial charge in [0.25, 0.3) is 0 Å². The summed E-state index contributed by atoms with van der Waals surface area (Å²) >= 11 is 0. The average Bonchev–Trinajstić information content (AvgIpc) is 3.28. The predicted molar refractivity (Wildman–Crippen MR) is 201 cm³/mol. The van der Waals surface area contributed by atoms with E-state index in [0.717, 1.165) is 13.8 Å². The lowest BCUT2D eigenvalue weighted by Crippen LogP contribution is -2.69. The molecule has 398 valence electrons. The first-order valence-corrected chi connectivity index (χ1v) is 20.7. The molecule has 5 saturated heterocycles. The number of hydrogen-bond donors (Lipinski definition) is 19. The number of aliphatic hydroxyl groups excluding tert-OH is 15. The molecule has 0 amide bonds. The van der Waals surface area contributed by atoms with E-state index in [1.54, 1.807) is 0 Å². The van der Waals surface area contributed by atoms with Gasteiger partial charge in [0.05, 0.1) is 18.8 Å². The monoisotopic (exact) mass is 1020 g/mol. The van der Waals surface area contributed by atoms with Gasteiger partial charge in [-0.25, -0.2) is 19.2 Å². The van der Waals surface area contributed by atoms with Crippen LogP contribution in [0, 0.1) is 0 Å². The molecule has 5 fully saturated rings. The second-order valence-electron chi connectivity index (χ2n) is 16.6. The molecule has 69 heavy (non-hydrogen) atoms. The van der Waals surface area contributed by atoms with E-state index in [2.05, 4.69) is 0 Å². The highest BCUT2D eigenvalue weighted by Crippen LogP contribution is 2.37. The van der Waals surface area contributed by atoms with Crippen molar-refractivity contribution in [3.8, 4) is 0 Å². The molecule has 33 heteroatoms. The van der Waals surface area contributed by atoms with E-state index in [0.29, 0.717) is 0 Å². The molecular formula is C36H56O33. The maximum Gasteiger partial charge on any atom is 0.335 e. The minimum absolute atomic E-state index is 1.02. The third-order valence-electron chi connectivity index (χ3n) is 11.8. The van der Waals surface area contributed by atoms with Crippen LogP contribution in [0.1, 0.15) is 13.8 Å². The predicted octanol–water partition coefficient (Wildman–Crippen LogP) is -12.0. The Kier molecular flexibility index (Phi) is 19.1. The molecule has 0 bridgehead atoms. The van der Waals surface area contributed by atoms with Crippen LogP contribution in [-0.4, -0.2) is 305 Å². The topological polar surface area (TPSA) is 545 Å². The summed E-state index contributed by atoms with van der Waals surface area (Å²) in [4.78, 5) is 48.8. The van der Waals surface area contributed by atoms with Crippen molar-refractivity contribution in [3.63, 3.8) is 0 Å². The first-order chi connectivity index (χ1) is 32.1. The molecule has 5 rings (SSSR count). The molecule has 5 aliphatic rings. The van der Waals surface area contributed by atoms with Gasteiger partial charge in [-0.1, -0.05) is 0 Å². The van der Waals surface area contributed by atoms with E-state index in [1.165, 1.54) is 0 Å². The van der Waals surface area contributed by atoms with E-state index in [-0.39, 0.29) is 0 Å². The third kappa shape index (κ3) is 11.9. The number of aliphatic carboxylic acids is 4. The number of rotatable bonds is 18. The fourth-order valence-corrected chi connectivity index (χ4v) is 7.87. The number of hydrogen-bond acceptors (Lipinski definition) is 29. The zero-order chi connectivity index (χ0) is 51.8. The number of aliphatic hydroxyl groups is 15. The summed E-state index contributed by atoms with van der Waals surface area (Å²) in [7, 11) is 0. The van der Waals surface area contributed by atoms with Crippen LogP contribution in [0.3, 0.4) is 0 Å². The lowest BCUT2D eigenvalue weighted by Gasteiger charge is -2.50. The van der Waals surface area contributed by atoms with Crippen LogP contribution in [0.25, 0.3) is 0 Å². The molecule has 5 aliphatic heterocycles. The molecule has 0 aromatic carbocycles. The Balaban J connectivity index is 1.52. The maximum absolute atomic E-state index is 13.0. The molecule has 0 saturated carbocycles. The highest BCUT2D eigenvalue weighted by Gasteiger charge is 2.60. The molecule has 0 aromatic rings. The van der Waals surface area contributed by atoms with Crippen molar-refractivity contribution < 1.29 is 164 Å². The Morgan fingerprint density at radius 1 is 0.420 bits per heavy atom. The molecule has 0 radical (unpaired) electrons. The molecule has 33 nitrogen and oxygen atoms in total. The summed E-state index contributed by atoms with van der Waals surface area (Å²) in [6, 6.07) is 0. The van der Waals surface area contributed by atoms with Crippen molar-refractivity contribution in [1.29, 1.82) is 0 Å². The van der Waals surface area contributed by atoms with Crippen molar-refractivity contribution >= 4 is 23.9 Å².